The molecule has 2 amide bonds. The normalized spacial score (nSPS) is 18.4. The van der Waals surface area contributed by atoms with Gasteiger partial charge in [0.2, 0.25) is 5.91 Å². The van der Waals surface area contributed by atoms with E-state index in [1.165, 1.54) is 18.6 Å². The summed E-state index contributed by atoms with van der Waals surface area (Å²) in [5.74, 6) is -1.26. The van der Waals surface area contributed by atoms with Crippen molar-refractivity contribution in [2.24, 2.45) is 16.3 Å². The molecule has 0 saturated heterocycles. The topological polar surface area (TPSA) is 100 Å². The average Bonchev–Trinajstić information content (AvgIpc) is 3.13. The Hall–Kier alpha value is -2.88. The van der Waals surface area contributed by atoms with Gasteiger partial charge in [0.25, 0.3) is 5.91 Å². The quantitative estimate of drug-likeness (QED) is 0.454. The van der Waals surface area contributed by atoms with Crippen molar-refractivity contribution >= 4 is 23.2 Å². The minimum atomic E-state index is -4.88. The van der Waals surface area contributed by atoms with Crippen LogP contribution in [0.1, 0.15) is 70.4 Å². The summed E-state index contributed by atoms with van der Waals surface area (Å²) in [6.45, 7) is 5.53. The van der Waals surface area contributed by atoms with Crippen molar-refractivity contribution in [3.63, 3.8) is 0 Å². The molecule has 0 bridgehead atoms. The highest BCUT2D eigenvalue weighted by atomic mass is 19.4. The van der Waals surface area contributed by atoms with Crippen LogP contribution in [0.25, 0.3) is 5.70 Å². The first kappa shape index (κ1) is 27.7. The number of hydrogen-bond acceptors (Lipinski definition) is 5. The molecule has 1 atom stereocenters. The van der Waals surface area contributed by atoms with Gasteiger partial charge in [0, 0.05) is 24.3 Å². The van der Waals surface area contributed by atoms with Crippen molar-refractivity contribution in [2.75, 3.05) is 13.2 Å². The van der Waals surface area contributed by atoms with E-state index in [-0.39, 0.29) is 30.3 Å². The van der Waals surface area contributed by atoms with Crippen molar-refractivity contribution < 1.29 is 32.6 Å². The van der Waals surface area contributed by atoms with E-state index >= 15 is 0 Å². The third kappa shape index (κ3) is 7.32. The van der Waals surface area contributed by atoms with Crippen LogP contribution in [0.5, 0.6) is 5.75 Å². The molecule has 1 heterocycles. The highest BCUT2D eigenvalue weighted by Crippen LogP contribution is 2.36. The Balaban J connectivity index is 1.93. The maximum Gasteiger partial charge on any atom is 0.573 e. The van der Waals surface area contributed by atoms with Crippen molar-refractivity contribution in [1.29, 1.82) is 0 Å². The van der Waals surface area contributed by atoms with Gasteiger partial charge in [-0.3, -0.25) is 9.59 Å². The second kappa shape index (κ2) is 11.5. The first-order valence-corrected chi connectivity index (χ1v) is 12.3. The molecular weight excluding hydrogens is 475 g/mol. The van der Waals surface area contributed by atoms with Gasteiger partial charge in [-0.15, -0.1) is 13.2 Å². The predicted molar refractivity (Wildman–Crippen MR) is 130 cm³/mol. The number of allylic oxidation sites excluding steroid dienone is 1. The molecule has 36 heavy (non-hydrogen) atoms. The minimum Gasteiger partial charge on any atom is -0.406 e. The molecule has 0 spiro atoms. The lowest BCUT2D eigenvalue weighted by Crippen LogP contribution is -2.55. The van der Waals surface area contributed by atoms with Gasteiger partial charge < -0.3 is 20.5 Å². The number of fused-ring (bicyclic) bond motifs is 1. The summed E-state index contributed by atoms with van der Waals surface area (Å²) in [4.78, 5) is 30.7. The number of carbonyl (C=O) groups is 2. The number of ether oxygens (including phenoxy) is 1. The Morgan fingerprint density at radius 2 is 1.86 bits per heavy atom. The summed E-state index contributed by atoms with van der Waals surface area (Å²) >= 11 is 0. The van der Waals surface area contributed by atoms with Crippen molar-refractivity contribution in [2.45, 2.75) is 71.7 Å². The summed E-state index contributed by atoms with van der Waals surface area (Å²) in [7, 11) is 0. The fourth-order valence-electron chi connectivity index (χ4n) is 4.47. The molecule has 1 unspecified atom stereocenters. The fraction of sp³-hybridized carbons (Fsp3) is 0.577. The van der Waals surface area contributed by atoms with Crippen LogP contribution in [0.2, 0.25) is 0 Å². The van der Waals surface area contributed by atoms with Crippen LogP contribution >= 0.6 is 0 Å². The van der Waals surface area contributed by atoms with Crippen LogP contribution in [-0.2, 0) is 9.59 Å². The molecule has 2 aliphatic rings. The second-order valence-electron chi connectivity index (χ2n) is 10.3. The van der Waals surface area contributed by atoms with Crippen LogP contribution in [0.15, 0.2) is 29.3 Å². The summed E-state index contributed by atoms with van der Waals surface area (Å²) < 4.78 is 42.6. The fourth-order valence-corrected chi connectivity index (χ4v) is 4.47. The molecule has 1 aromatic rings. The Morgan fingerprint density at radius 3 is 2.47 bits per heavy atom. The zero-order valence-corrected chi connectivity index (χ0v) is 20.9. The van der Waals surface area contributed by atoms with E-state index in [2.05, 4.69) is 20.4 Å². The standard InChI is InChI=1S/C26H34F3N3O4/c1-25(2,3)22(24(35)30-12-7-13-33)32-23(34)21-19-15-17(36-26(27,28)29)10-11-18(19)20(31-21)14-16-8-5-4-6-9-16/h10-11,14-16,22,33H,4-9,12-13H2,1-3H3,(H,30,35)(H,32,34)/b20-14+. The number of aliphatic imine (C=N–C) groups is 1. The van der Waals surface area contributed by atoms with E-state index in [1.54, 1.807) is 20.8 Å². The molecule has 1 aliphatic carbocycles. The highest BCUT2D eigenvalue weighted by Gasteiger charge is 2.36. The molecule has 198 valence electrons. The van der Waals surface area contributed by atoms with E-state index in [1.807, 2.05) is 6.08 Å². The number of nitrogens with zero attached hydrogens (tertiary/aromatic N) is 1. The van der Waals surface area contributed by atoms with Crippen LogP contribution in [0.4, 0.5) is 13.2 Å². The molecule has 0 radical (unpaired) electrons. The van der Waals surface area contributed by atoms with E-state index in [0.717, 1.165) is 31.7 Å². The number of carbonyl (C=O) groups excluding carboxylic acids is 2. The molecule has 1 aliphatic heterocycles. The van der Waals surface area contributed by atoms with Crippen molar-refractivity contribution in [3.8, 4) is 5.75 Å². The van der Waals surface area contributed by atoms with E-state index in [0.29, 0.717) is 17.7 Å². The number of aliphatic hydroxyl groups is 1. The minimum absolute atomic E-state index is 0.0582. The summed E-state index contributed by atoms with van der Waals surface area (Å²) in [5.41, 5.74) is 0.602. The molecule has 1 aromatic carbocycles. The molecule has 7 nitrogen and oxygen atoms in total. The Bertz CT molecular complexity index is 1020. The number of aliphatic hydroxyl groups excluding tert-OH is 1. The number of nitrogens with one attached hydrogen (secondary N) is 2. The molecule has 0 aromatic heterocycles. The number of amides is 2. The number of rotatable bonds is 8. The predicted octanol–water partition coefficient (Wildman–Crippen LogP) is 4.34. The maximum absolute atomic E-state index is 13.4. The van der Waals surface area contributed by atoms with Crippen molar-refractivity contribution in [3.05, 3.63) is 35.4 Å². The van der Waals surface area contributed by atoms with Crippen LogP contribution in [-0.4, -0.2) is 48.2 Å². The zero-order chi connectivity index (χ0) is 26.5. The van der Waals surface area contributed by atoms with Gasteiger partial charge in [-0.1, -0.05) is 46.1 Å². The number of alkyl halides is 3. The molecule has 10 heteroatoms. The maximum atomic E-state index is 13.4. The smallest absolute Gasteiger partial charge is 0.406 e. The van der Waals surface area contributed by atoms with Gasteiger partial charge in [0.15, 0.2) is 0 Å². The molecule has 3 N–H and O–H groups in total. The number of halogens is 3. The van der Waals surface area contributed by atoms with Gasteiger partial charge in [-0.2, -0.15) is 0 Å². The lowest BCUT2D eigenvalue weighted by Gasteiger charge is -2.30. The monoisotopic (exact) mass is 509 g/mol. The van der Waals surface area contributed by atoms with E-state index in [4.69, 9.17) is 5.11 Å². The first-order valence-electron chi connectivity index (χ1n) is 12.3. The van der Waals surface area contributed by atoms with Crippen LogP contribution in [0, 0.1) is 11.3 Å². The van der Waals surface area contributed by atoms with Crippen molar-refractivity contribution in [1.82, 2.24) is 10.6 Å². The summed E-state index contributed by atoms with van der Waals surface area (Å²) in [6, 6.07) is 2.92. The lowest BCUT2D eigenvalue weighted by molar-refractivity contribution is -0.274. The summed E-state index contributed by atoms with van der Waals surface area (Å²) in [5, 5.41) is 14.4. The third-order valence-electron chi connectivity index (χ3n) is 6.28. The third-order valence-corrected chi connectivity index (χ3v) is 6.28. The SMILES string of the molecule is CC(C)(C)C(NC(=O)C1=N/C(=C/C2CCCCC2)c2ccc(OC(F)(F)F)cc21)C(=O)NCCCO. The molecule has 1 fully saturated rings. The van der Waals surface area contributed by atoms with Gasteiger partial charge >= 0.3 is 6.36 Å². The lowest BCUT2D eigenvalue weighted by atomic mass is 9.85. The summed E-state index contributed by atoms with van der Waals surface area (Å²) in [6.07, 6.45) is 2.82. The van der Waals surface area contributed by atoms with Gasteiger partial charge in [0.1, 0.15) is 17.5 Å². The number of benzene rings is 1. The van der Waals surface area contributed by atoms with Gasteiger partial charge in [0.05, 0.1) is 5.70 Å². The largest absolute Gasteiger partial charge is 0.573 e. The Labute approximate surface area is 209 Å². The molecule has 1 saturated carbocycles. The zero-order valence-electron chi connectivity index (χ0n) is 20.9. The second-order valence-corrected chi connectivity index (χ2v) is 10.3. The Kier molecular flexibility index (Phi) is 8.81. The van der Waals surface area contributed by atoms with Gasteiger partial charge in [-0.05, 0) is 48.8 Å². The van der Waals surface area contributed by atoms with E-state index in [9.17, 15) is 22.8 Å². The number of hydrogen-bond donors (Lipinski definition) is 3. The molecular formula is C26H34F3N3O4. The first-order chi connectivity index (χ1) is 16.9. The average molecular weight is 510 g/mol. The van der Waals surface area contributed by atoms with Crippen LogP contribution in [0.3, 0.4) is 0 Å². The van der Waals surface area contributed by atoms with Crippen LogP contribution < -0.4 is 15.4 Å². The Morgan fingerprint density at radius 1 is 1.17 bits per heavy atom. The van der Waals surface area contributed by atoms with E-state index < -0.39 is 35.4 Å². The highest BCUT2D eigenvalue weighted by molar-refractivity contribution is 6.48. The van der Waals surface area contributed by atoms with Gasteiger partial charge in [-0.25, -0.2) is 4.99 Å². The molecule has 3 rings (SSSR count).